The molecule has 112 valence electrons. The number of hydrogen-bond acceptors (Lipinski definition) is 3. The number of aryl methyl sites for hydroxylation is 1. The molecule has 1 atom stereocenters. The first-order valence-corrected chi connectivity index (χ1v) is 7.26. The Labute approximate surface area is 121 Å². The predicted octanol–water partition coefficient (Wildman–Crippen LogP) is 2.97. The van der Waals surface area contributed by atoms with Crippen molar-refractivity contribution in [2.75, 3.05) is 25.6 Å². The summed E-state index contributed by atoms with van der Waals surface area (Å²) in [6, 6.07) is 5.90. The van der Waals surface area contributed by atoms with Crippen LogP contribution in [0.4, 0.5) is 5.69 Å². The fraction of sp³-hybridized carbons (Fsp3) is 0.562. The molecule has 0 bridgehead atoms. The van der Waals surface area contributed by atoms with Crippen molar-refractivity contribution in [2.24, 2.45) is 0 Å². The van der Waals surface area contributed by atoms with Crippen LogP contribution in [0.3, 0.4) is 0 Å². The fourth-order valence-corrected chi connectivity index (χ4v) is 1.99. The number of carbonyl (C=O) groups is 1. The van der Waals surface area contributed by atoms with Crippen LogP contribution in [-0.4, -0.2) is 32.2 Å². The van der Waals surface area contributed by atoms with Crippen LogP contribution in [0.25, 0.3) is 0 Å². The average molecular weight is 278 g/mol. The summed E-state index contributed by atoms with van der Waals surface area (Å²) < 4.78 is 5.12. The van der Waals surface area contributed by atoms with E-state index in [2.05, 4.69) is 17.6 Å². The highest BCUT2D eigenvalue weighted by atomic mass is 16.5. The van der Waals surface area contributed by atoms with Crippen LogP contribution in [0.15, 0.2) is 18.2 Å². The third kappa shape index (κ3) is 4.85. The number of ether oxygens (including phenoxy) is 1. The van der Waals surface area contributed by atoms with Crippen LogP contribution in [0.2, 0.25) is 0 Å². The Balaban J connectivity index is 2.85. The van der Waals surface area contributed by atoms with Crippen LogP contribution in [-0.2, 0) is 4.74 Å². The summed E-state index contributed by atoms with van der Waals surface area (Å²) in [7, 11) is 1.65. The second kappa shape index (κ2) is 8.59. The van der Waals surface area contributed by atoms with Crippen LogP contribution >= 0.6 is 0 Å². The molecule has 1 aromatic rings. The van der Waals surface area contributed by atoms with Gasteiger partial charge in [0.25, 0.3) is 5.91 Å². The summed E-state index contributed by atoms with van der Waals surface area (Å²) in [4.78, 5) is 12.4. The smallest absolute Gasteiger partial charge is 0.253 e. The molecule has 1 rings (SSSR count). The van der Waals surface area contributed by atoms with Crippen molar-refractivity contribution in [3.63, 3.8) is 0 Å². The van der Waals surface area contributed by atoms with Gasteiger partial charge in [0.2, 0.25) is 0 Å². The molecule has 1 amide bonds. The molecule has 0 aliphatic rings. The quantitative estimate of drug-likeness (QED) is 0.768. The second-order valence-electron chi connectivity index (χ2n) is 5.01. The number of nitrogens with one attached hydrogen (secondary N) is 2. The molecule has 2 N–H and O–H groups in total. The van der Waals surface area contributed by atoms with Gasteiger partial charge in [-0.2, -0.15) is 0 Å². The molecule has 0 heterocycles. The highest BCUT2D eigenvalue weighted by molar-refractivity contribution is 5.99. The Morgan fingerprint density at radius 1 is 1.35 bits per heavy atom. The first kappa shape index (κ1) is 16.5. The lowest BCUT2D eigenvalue weighted by atomic mass is 10.1. The van der Waals surface area contributed by atoms with Gasteiger partial charge in [0, 0.05) is 19.3 Å². The Morgan fingerprint density at radius 2 is 2.10 bits per heavy atom. The lowest BCUT2D eigenvalue weighted by molar-refractivity contribution is 0.0895. The molecular formula is C16H26N2O2. The van der Waals surface area contributed by atoms with Crippen molar-refractivity contribution in [1.82, 2.24) is 5.32 Å². The lowest BCUT2D eigenvalue weighted by Crippen LogP contribution is -2.37. The molecule has 4 heteroatoms. The Hall–Kier alpha value is -1.55. The normalized spacial score (nSPS) is 12.0. The number of benzene rings is 1. The molecule has 4 nitrogen and oxygen atoms in total. The van der Waals surface area contributed by atoms with Crippen molar-refractivity contribution in [3.05, 3.63) is 29.3 Å². The first-order valence-electron chi connectivity index (χ1n) is 7.26. The minimum absolute atomic E-state index is 0.0486. The van der Waals surface area contributed by atoms with E-state index in [-0.39, 0.29) is 11.9 Å². The van der Waals surface area contributed by atoms with Crippen LogP contribution < -0.4 is 10.6 Å². The van der Waals surface area contributed by atoms with Gasteiger partial charge in [-0.1, -0.05) is 19.9 Å². The van der Waals surface area contributed by atoms with Gasteiger partial charge in [-0.3, -0.25) is 4.79 Å². The summed E-state index contributed by atoms with van der Waals surface area (Å²) in [5.41, 5.74) is 2.74. The van der Waals surface area contributed by atoms with Gasteiger partial charge in [0.05, 0.1) is 18.2 Å². The number of amides is 1. The molecule has 0 fully saturated rings. The maximum Gasteiger partial charge on any atom is 0.253 e. The summed E-state index contributed by atoms with van der Waals surface area (Å²) in [6.45, 7) is 7.56. The third-order valence-corrected chi connectivity index (χ3v) is 3.18. The Kier molecular flexibility index (Phi) is 7.09. The van der Waals surface area contributed by atoms with Gasteiger partial charge >= 0.3 is 0 Å². The second-order valence-corrected chi connectivity index (χ2v) is 5.01. The number of anilines is 1. The Morgan fingerprint density at radius 3 is 2.70 bits per heavy atom. The van der Waals surface area contributed by atoms with Gasteiger partial charge in [0.15, 0.2) is 0 Å². The SMILES string of the molecule is CCCNc1cc(C)ccc1C(=O)NC(CC)COC. The predicted molar refractivity (Wildman–Crippen MR) is 83.4 cm³/mol. The third-order valence-electron chi connectivity index (χ3n) is 3.18. The zero-order valence-electron chi connectivity index (χ0n) is 13.0. The molecule has 0 radical (unpaired) electrons. The average Bonchev–Trinajstić information content (AvgIpc) is 2.44. The highest BCUT2D eigenvalue weighted by Gasteiger charge is 2.15. The van der Waals surface area contributed by atoms with Gasteiger partial charge in [-0.05, 0) is 37.5 Å². The van der Waals surface area contributed by atoms with E-state index in [1.54, 1.807) is 7.11 Å². The van der Waals surface area contributed by atoms with E-state index in [0.29, 0.717) is 12.2 Å². The zero-order valence-corrected chi connectivity index (χ0v) is 13.0. The van der Waals surface area contributed by atoms with Crippen molar-refractivity contribution < 1.29 is 9.53 Å². The largest absolute Gasteiger partial charge is 0.384 e. The zero-order chi connectivity index (χ0) is 15.0. The van der Waals surface area contributed by atoms with E-state index in [4.69, 9.17) is 4.74 Å². The highest BCUT2D eigenvalue weighted by Crippen LogP contribution is 2.18. The van der Waals surface area contributed by atoms with Gasteiger partial charge < -0.3 is 15.4 Å². The van der Waals surface area contributed by atoms with Crippen molar-refractivity contribution in [1.29, 1.82) is 0 Å². The fourth-order valence-electron chi connectivity index (χ4n) is 1.99. The topological polar surface area (TPSA) is 50.4 Å². The van der Waals surface area contributed by atoms with E-state index in [0.717, 1.165) is 30.6 Å². The molecule has 0 saturated carbocycles. The lowest BCUT2D eigenvalue weighted by Gasteiger charge is -2.18. The standard InChI is InChI=1S/C16H26N2O2/c1-5-9-17-15-10-12(3)7-8-14(15)16(19)18-13(6-2)11-20-4/h7-8,10,13,17H,5-6,9,11H2,1-4H3,(H,18,19). The minimum Gasteiger partial charge on any atom is -0.384 e. The van der Waals surface area contributed by atoms with Crippen LogP contribution in [0.1, 0.15) is 42.6 Å². The van der Waals surface area contributed by atoms with E-state index < -0.39 is 0 Å². The van der Waals surface area contributed by atoms with E-state index in [1.807, 2.05) is 32.0 Å². The van der Waals surface area contributed by atoms with Crippen LogP contribution in [0, 0.1) is 6.92 Å². The molecule has 20 heavy (non-hydrogen) atoms. The summed E-state index contributed by atoms with van der Waals surface area (Å²) in [5.74, 6) is -0.0486. The number of hydrogen-bond donors (Lipinski definition) is 2. The maximum atomic E-state index is 12.4. The van der Waals surface area contributed by atoms with E-state index >= 15 is 0 Å². The number of methoxy groups -OCH3 is 1. The summed E-state index contributed by atoms with van der Waals surface area (Å²) in [6.07, 6.45) is 1.87. The van der Waals surface area contributed by atoms with Crippen molar-refractivity contribution in [2.45, 2.75) is 39.7 Å². The van der Waals surface area contributed by atoms with Crippen LogP contribution in [0.5, 0.6) is 0 Å². The monoisotopic (exact) mass is 278 g/mol. The van der Waals surface area contributed by atoms with Crippen molar-refractivity contribution in [3.8, 4) is 0 Å². The Bertz CT molecular complexity index is 432. The molecular weight excluding hydrogens is 252 g/mol. The number of rotatable bonds is 8. The maximum absolute atomic E-state index is 12.4. The molecule has 0 saturated heterocycles. The molecule has 1 unspecified atom stereocenters. The summed E-state index contributed by atoms with van der Waals surface area (Å²) in [5, 5.41) is 6.33. The first-order chi connectivity index (χ1) is 9.62. The minimum atomic E-state index is -0.0486. The molecule has 0 spiro atoms. The number of carbonyl (C=O) groups excluding carboxylic acids is 1. The van der Waals surface area contributed by atoms with Gasteiger partial charge in [-0.15, -0.1) is 0 Å². The van der Waals surface area contributed by atoms with E-state index in [9.17, 15) is 4.79 Å². The van der Waals surface area contributed by atoms with Gasteiger partial charge in [-0.25, -0.2) is 0 Å². The van der Waals surface area contributed by atoms with Crippen molar-refractivity contribution >= 4 is 11.6 Å². The molecule has 0 aromatic heterocycles. The molecule has 0 aliphatic heterocycles. The van der Waals surface area contributed by atoms with Gasteiger partial charge in [0.1, 0.15) is 0 Å². The molecule has 0 aliphatic carbocycles. The molecule has 1 aromatic carbocycles. The summed E-state index contributed by atoms with van der Waals surface area (Å²) >= 11 is 0. The van der Waals surface area contributed by atoms with E-state index in [1.165, 1.54) is 0 Å².